The van der Waals surface area contributed by atoms with Crippen molar-refractivity contribution in [3.63, 3.8) is 0 Å². The van der Waals surface area contributed by atoms with Gasteiger partial charge in [-0.15, -0.1) is 11.3 Å². The number of hydrogen-bond acceptors (Lipinski definition) is 5. The molecule has 0 bridgehead atoms. The number of anilines is 1. The summed E-state index contributed by atoms with van der Waals surface area (Å²) in [4.78, 5) is 16.8. The average Bonchev–Trinajstić information content (AvgIpc) is 2.86. The van der Waals surface area contributed by atoms with Crippen LogP contribution in [-0.4, -0.2) is 25.6 Å². The predicted molar refractivity (Wildman–Crippen MR) is 91.9 cm³/mol. The molecule has 0 fully saturated rings. The van der Waals surface area contributed by atoms with Crippen molar-refractivity contribution in [1.82, 2.24) is 4.98 Å². The lowest BCUT2D eigenvalue weighted by molar-refractivity contribution is 0.102. The maximum Gasteiger partial charge on any atom is 0.255 e. The summed E-state index contributed by atoms with van der Waals surface area (Å²) in [7, 11) is -3.26. The summed E-state index contributed by atoms with van der Waals surface area (Å²) >= 11 is 1.60. The second-order valence-corrected chi connectivity index (χ2v) is 8.42. The first-order valence-electron chi connectivity index (χ1n) is 6.81. The zero-order valence-electron chi connectivity index (χ0n) is 12.5. The van der Waals surface area contributed by atoms with E-state index >= 15 is 0 Å². The molecule has 23 heavy (non-hydrogen) atoms. The standard InChI is InChI=1S/C16H14N2O3S2/c1-10-17-14-9-12(5-8-15(14)22-10)18-16(19)11-3-6-13(7-4-11)23(2,20)21/h3-9H,1-2H3,(H,18,19). The Morgan fingerprint density at radius 2 is 1.83 bits per heavy atom. The highest BCUT2D eigenvalue weighted by atomic mass is 32.2. The van der Waals surface area contributed by atoms with Gasteiger partial charge in [0.25, 0.3) is 5.91 Å². The SMILES string of the molecule is Cc1nc2cc(NC(=O)c3ccc(S(C)(=O)=O)cc3)ccc2s1. The zero-order valence-corrected chi connectivity index (χ0v) is 14.2. The number of thiazole rings is 1. The van der Waals surface area contributed by atoms with Gasteiger partial charge in [0.2, 0.25) is 0 Å². The number of nitrogens with zero attached hydrogens (tertiary/aromatic N) is 1. The molecule has 2 aromatic carbocycles. The predicted octanol–water partition coefficient (Wildman–Crippen LogP) is 3.26. The second kappa shape index (κ2) is 5.75. The van der Waals surface area contributed by atoms with Gasteiger partial charge in [0.05, 0.1) is 20.1 Å². The molecule has 1 heterocycles. The second-order valence-electron chi connectivity index (χ2n) is 5.17. The van der Waals surface area contributed by atoms with Crippen LogP contribution < -0.4 is 5.32 Å². The van der Waals surface area contributed by atoms with E-state index in [4.69, 9.17) is 0 Å². The molecule has 0 spiro atoms. The van der Waals surface area contributed by atoms with Gasteiger partial charge in [-0.25, -0.2) is 13.4 Å². The minimum atomic E-state index is -3.26. The lowest BCUT2D eigenvalue weighted by atomic mass is 10.2. The molecule has 0 aliphatic rings. The van der Waals surface area contributed by atoms with Gasteiger partial charge in [-0.2, -0.15) is 0 Å². The highest BCUT2D eigenvalue weighted by molar-refractivity contribution is 7.90. The van der Waals surface area contributed by atoms with E-state index in [1.807, 2.05) is 25.1 Å². The number of carbonyl (C=O) groups excluding carboxylic acids is 1. The van der Waals surface area contributed by atoms with E-state index in [0.29, 0.717) is 11.3 Å². The third-order valence-corrected chi connectivity index (χ3v) is 5.38. The number of sulfone groups is 1. The van der Waals surface area contributed by atoms with Crippen molar-refractivity contribution >= 4 is 43.0 Å². The van der Waals surface area contributed by atoms with Crippen molar-refractivity contribution in [2.24, 2.45) is 0 Å². The molecule has 0 saturated carbocycles. The highest BCUT2D eigenvalue weighted by Crippen LogP contribution is 2.24. The van der Waals surface area contributed by atoms with Crippen LogP contribution in [0.3, 0.4) is 0 Å². The molecule has 118 valence electrons. The molecule has 3 rings (SSSR count). The molecule has 0 radical (unpaired) electrons. The van der Waals surface area contributed by atoms with Crippen LogP contribution in [0, 0.1) is 6.92 Å². The van der Waals surface area contributed by atoms with E-state index in [2.05, 4.69) is 10.3 Å². The maximum absolute atomic E-state index is 12.2. The smallest absolute Gasteiger partial charge is 0.255 e. The van der Waals surface area contributed by atoms with Gasteiger partial charge >= 0.3 is 0 Å². The summed E-state index contributed by atoms with van der Waals surface area (Å²) in [5.74, 6) is -0.295. The monoisotopic (exact) mass is 346 g/mol. The molecule has 1 amide bonds. The van der Waals surface area contributed by atoms with Crippen molar-refractivity contribution in [3.8, 4) is 0 Å². The molecule has 0 aliphatic carbocycles. The molecule has 5 nitrogen and oxygen atoms in total. The number of amides is 1. The Balaban J connectivity index is 1.82. The van der Waals surface area contributed by atoms with E-state index < -0.39 is 9.84 Å². The number of rotatable bonds is 3. The zero-order chi connectivity index (χ0) is 16.6. The Bertz CT molecular complexity index is 990. The Morgan fingerprint density at radius 1 is 1.13 bits per heavy atom. The van der Waals surface area contributed by atoms with Crippen molar-refractivity contribution in [1.29, 1.82) is 0 Å². The largest absolute Gasteiger partial charge is 0.322 e. The molecule has 1 N–H and O–H groups in total. The minimum absolute atomic E-state index is 0.188. The number of fused-ring (bicyclic) bond motifs is 1. The fourth-order valence-electron chi connectivity index (χ4n) is 2.18. The van der Waals surface area contributed by atoms with Gasteiger partial charge in [0.15, 0.2) is 9.84 Å². The van der Waals surface area contributed by atoms with Gasteiger partial charge in [-0.05, 0) is 49.4 Å². The molecule has 7 heteroatoms. The fraction of sp³-hybridized carbons (Fsp3) is 0.125. The summed E-state index contributed by atoms with van der Waals surface area (Å²) < 4.78 is 23.9. The van der Waals surface area contributed by atoms with Crippen LogP contribution in [-0.2, 0) is 9.84 Å². The lowest BCUT2D eigenvalue weighted by Gasteiger charge is -2.06. The van der Waals surface area contributed by atoms with E-state index in [1.165, 1.54) is 24.3 Å². The third kappa shape index (κ3) is 3.40. The first-order chi connectivity index (χ1) is 10.8. The van der Waals surface area contributed by atoms with Gasteiger partial charge in [0, 0.05) is 17.5 Å². The summed E-state index contributed by atoms with van der Waals surface area (Å²) in [6, 6.07) is 11.4. The molecule has 0 atom stereocenters. The van der Waals surface area contributed by atoms with Crippen LogP contribution in [0.4, 0.5) is 5.69 Å². The quantitative estimate of drug-likeness (QED) is 0.790. The average molecular weight is 346 g/mol. The molecule has 0 saturated heterocycles. The summed E-state index contributed by atoms with van der Waals surface area (Å²) in [6.07, 6.45) is 1.13. The Kier molecular flexibility index (Phi) is 3.91. The maximum atomic E-state index is 12.2. The summed E-state index contributed by atoms with van der Waals surface area (Å²) in [6.45, 7) is 1.94. The van der Waals surface area contributed by atoms with Crippen LogP contribution in [0.15, 0.2) is 47.4 Å². The number of benzene rings is 2. The van der Waals surface area contributed by atoms with Crippen LogP contribution >= 0.6 is 11.3 Å². The fourth-order valence-corrected chi connectivity index (χ4v) is 3.62. The summed E-state index contributed by atoms with van der Waals surface area (Å²) in [5.41, 5.74) is 1.89. The number of hydrogen-bond donors (Lipinski definition) is 1. The van der Waals surface area contributed by atoms with Crippen molar-refractivity contribution in [2.45, 2.75) is 11.8 Å². The normalized spacial score (nSPS) is 11.6. The van der Waals surface area contributed by atoms with Crippen molar-refractivity contribution in [3.05, 3.63) is 53.0 Å². The van der Waals surface area contributed by atoms with Gasteiger partial charge in [-0.1, -0.05) is 0 Å². The first-order valence-corrected chi connectivity index (χ1v) is 9.52. The van der Waals surface area contributed by atoms with E-state index in [9.17, 15) is 13.2 Å². The number of aryl methyl sites for hydroxylation is 1. The van der Waals surface area contributed by atoms with Crippen molar-refractivity contribution in [2.75, 3.05) is 11.6 Å². The number of carbonyl (C=O) groups is 1. The van der Waals surface area contributed by atoms with E-state index in [0.717, 1.165) is 21.5 Å². The highest BCUT2D eigenvalue weighted by Gasteiger charge is 2.11. The van der Waals surface area contributed by atoms with Gasteiger partial charge in [0.1, 0.15) is 0 Å². The first kappa shape index (κ1) is 15.6. The lowest BCUT2D eigenvalue weighted by Crippen LogP contribution is -2.12. The minimum Gasteiger partial charge on any atom is -0.322 e. The molecule has 1 aromatic heterocycles. The van der Waals surface area contributed by atoms with Gasteiger partial charge in [-0.3, -0.25) is 4.79 Å². The Morgan fingerprint density at radius 3 is 2.48 bits per heavy atom. The van der Waals surface area contributed by atoms with Crippen LogP contribution in [0.25, 0.3) is 10.2 Å². The molecule has 0 aliphatic heterocycles. The molecule has 0 unspecified atom stereocenters. The summed E-state index contributed by atoms with van der Waals surface area (Å²) in [5, 5.41) is 3.77. The number of nitrogens with one attached hydrogen (secondary N) is 1. The number of aromatic nitrogens is 1. The van der Waals surface area contributed by atoms with Crippen molar-refractivity contribution < 1.29 is 13.2 Å². The topological polar surface area (TPSA) is 76.1 Å². The Labute approximate surface area is 137 Å². The van der Waals surface area contributed by atoms with Crippen LogP contribution in [0.2, 0.25) is 0 Å². The molecular formula is C16H14N2O3S2. The molecule has 3 aromatic rings. The van der Waals surface area contributed by atoms with Crippen LogP contribution in [0.1, 0.15) is 15.4 Å². The van der Waals surface area contributed by atoms with Gasteiger partial charge < -0.3 is 5.32 Å². The Hall–Kier alpha value is -2.25. The third-order valence-electron chi connectivity index (χ3n) is 3.30. The molecular weight excluding hydrogens is 332 g/mol. The van der Waals surface area contributed by atoms with E-state index in [-0.39, 0.29) is 10.8 Å². The van der Waals surface area contributed by atoms with E-state index in [1.54, 1.807) is 11.3 Å². The van der Waals surface area contributed by atoms with Crippen LogP contribution in [0.5, 0.6) is 0 Å².